The van der Waals surface area contributed by atoms with Gasteiger partial charge >= 0.3 is 0 Å². The van der Waals surface area contributed by atoms with Crippen molar-refractivity contribution in [2.45, 2.75) is 33.2 Å². The zero-order valence-electron chi connectivity index (χ0n) is 19.4. The first-order valence-corrected chi connectivity index (χ1v) is 10.5. The van der Waals surface area contributed by atoms with E-state index >= 15 is 0 Å². The Hall–Kier alpha value is -3.72. The van der Waals surface area contributed by atoms with Crippen LogP contribution in [0.4, 0.5) is 11.4 Å². The molecule has 6 heteroatoms. The SMILES string of the molecule is CCOc1cccc(NC(=O)/C(C#N)=C/c2cc3c(cc2OC)N(C)C(C)(C)C=C3C)c1. The van der Waals surface area contributed by atoms with Crippen molar-refractivity contribution >= 4 is 28.9 Å². The average molecular weight is 432 g/mol. The van der Waals surface area contributed by atoms with Crippen molar-refractivity contribution < 1.29 is 14.3 Å². The molecule has 2 aromatic rings. The Morgan fingerprint density at radius 3 is 2.69 bits per heavy atom. The number of carbonyl (C=O) groups is 1. The molecule has 0 spiro atoms. The number of methoxy groups -OCH3 is 1. The van der Waals surface area contributed by atoms with Crippen LogP contribution in [0.15, 0.2) is 48.0 Å². The lowest BCUT2D eigenvalue weighted by Crippen LogP contribution is -2.42. The highest BCUT2D eigenvalue weighted by Crippen LogP contribution is 2.41. The van der Waals surface area contributed by atoms with Crippen LogP contribution in [0.25, 0.3) is 11.6 Å². The summed E-state index contributed by atoms with van der Waals surface area (Å²) in [5.41, 5.74) is 4.30. The quantitative estimate of drug-likeness (QED) is 0.498. The minimum absolute atomic E-state index is 0.0174. The van der Waals surface area contributed by atoms with Crippen LogP contribution in [-0.2, 0) is 4.79 Å². The second-order valence-electron chi connectivity index (χ2n) is 8.24. The molecular weight excluding hydrogens is 402 g/mol. The van der Waals surface area contributed by atoms with Gasteiger partial charge in [0.25, 0.3) is 5.91 Å². The van der Waals surface area contributed by atoms with E-state index in [1.165, 1.54) is 0 Å². The van der Waals surface area contributed by atoms with E-state index in [4.69, 9.17) is 9.47 Å². The minimum atomic E-state index is -0.494. The van der Waals surface area contributed by atoms with E-state index < -0.39 is 5.91 Å². The van der Waals surface area contributed by atoms with Crippen LogP contribution in [-0.4, -0.2) is 32.2 Å². The Morgan fingerprint density at radius 2 is 2.03 bits per heavy atom. The molecule has 166 valence electrons. The molecule has 1 aliphatic rings. The number of likely N-dealkylation sites (N-methyl/N-ethyl adjacent to an activating group) is 1. The number of nitriles is 1. The molecule has 1 N–H and O–H groups in total. The van der Waals surface area contributed by atoms with Crippen LogP contribution in [0.3, 0.4) is 0 Å². The van der Waals surface area contributed by atoms with Crippen molar-refractivity contribution in [2.24, 2.45) is 0 Å². The number of amides is 1. The Labute approximate surface area is 189 Å². The molecule has 0 saturated carbocycles. The number of allylic oxidation sites excluding steroid dienone is 1. The Balaban J connectivity index is 1.97. The van der Waals surface area contributed by atoms with Crippen LogP contribution < -0.4 is 19.7 Å². The van der Waals surface area contributed by atoms with Crippen LogP contribution in [0.5, 0.6) is 11.5 Å². The maximum Gasteiger partial charge on any atom is 0.266 e. The smallest absolute Gasteiger partial charge is 0.266 e. The Morgan fingerprint density at radius 1 is 1.28 bits per heavy atom. The van der Waals surface area contributed by atoms with Gasteiger partial charge in [-0.05, 0) is 57.5 Å². The molecule has 0 bridgehead atoms. The molecule has 2 aromatic carbocycles. The third kappa shape index (κ3) is 4.62. The predicted molar refractivity (Wildman–Crippen MR) is 129 cm³/mol. The van der Waals surface area contributed by atoms with Crippen LogP contribution >= 0.6 is 0 Å². The summed E-state index contributed by atoms with van der Waals surface area (Å²) in [6.07, 6.45) is 3.77. The lowest BCUT2D eigenvalue weighted by atomic mass is 9.88. The van der Waals surface area contributed by atoms with Crippen molar-refractivity contribution in [2.75, 3.05) is 31.0 Å². The number of rotatable bonds is 6. The summed E-state index contributed by atoms with van der Waals surface area (Å²) in [5.74, 6) is 0.755. The number of hydrogen-bond acceptors (Lipinski definition) is 5. The van der Waals surface area contributed by atoms with Gasteiger partial charge in [0.1, 0.15) is 23.1 Å². The van der Waals surface area contributed by atoms with E-state index in [1.54, 1.807) is 31.4 Å². The zero-order valence-corrected chi connectivity index (χ0v) is 19.4. The Kier molecular flexibility index (Phi) is 6.59. The van der Waals surface area contributed by atoms with Gasteiger partial charge in [-0.1, -0.05) is 12.1 Å². The number of anilines is 2. The highest BCUT2D eigenvalue weighted by atomic mass is 16.5. The molecule has 0 atom stereocenters. The predicted octanol–water partition coefficient (Wildman–Crippen LogP) is 5.27. The summed E-state index contributed by atoms with van der Waals surface area (Å²) < 4.78 is 11.1. The van der Waals surface area contributed by atoms with E-state index in [1.807, 2.05) is 38.2 Å². The summed E-state index contributed by atoms with van der Waals surface area (Å²) in [4.78, 5) is 15.0. The van der Waals surface area contributed by atoms with Gasteiger partial charge in [0, 0.05) is 41.7 Å². The molecule has 0 aliphatic carbocycles. The fraction of sp³-hybridized carbons (Fsp3) is 0.308. The molecule has 0 radical (unpaired) electrons. The molecule has 3 rings (SSSR count). The number of fused-ring (bicyclic) bond motifs is 1. The van der Waals surface area contributed by atoms with Gasteiger partial charge < -0.3 is 19.7 Å². The van der Waals surface area contributed by atoms with Gasteiger partial charge in [0.2, 0.25) is 0 Å². The van der Waals surface area contributed by atoms with Crippen LogP contribution in [0.1, 0.15) is 38.8 Å². The summed E-state index contributed by atoms with van der Waals surface area (Å²) >= 11 is 0. The largest absolute Gasteiger partial charge is 0.496 e. The molecule has 0 unspecified atom stereocenters. The van der Waals surface area contributed by atoms with E-state index in [2.05, 4.69) is 37.1 Å². The van der Waals surface area contributed by atoms with Gasteiger partial charge in [0.15, 0.2) is 0 Å². The standard InChI is InChI=1S/C26H29N3O3/c1-7-32-21-10-8-9-20(13-21)28-25(30)19(16-27)11-18-12-22-17(2)15-26(3,4)29(5)23(22)14-24(18)31-6/h8-15H,7H2,1-6H3,(H,28,30)/b19-11+. The summed E-state index contributed by atoms with van der Waals surface area (Å²) in [5, 5.41) is 12.4. The number of carbonyl (C=O) groups excluding carboxylic acids is 1. The van der Waals surface area contributed by atoms with E-state index in [9.17, 15) is 10.1 Å². The highest BCUT2D eigenvalue weighted by Gasteiger charge is 2.29. The molecular formula is C26H29N3O3. The molecule has 1 heterocycles. The van der Waals surface area contributed by atoms with Gasteiger partial charge in [0.05, 0.1) is 19.3 Å². The van der Waals surface area contributed by atoms with Crippen molar-refractivity contribution in [1.82, 2.24) is 0 Å². The molecule has 1 amide bonds. The van der Waals surface area contributed by atoms with Gasteiger partial charge in [-0.3, -0.25) is 4.79 Å². The molecule has 1 aliphatic heterocycles. The fourth-order valence-corrected chi connectivity index (χ4v) is 3.82. The van der Waals surface area contributed by atoms with Gasteiger partial charge in [-0.25, -0.2) is 0 Å². The van der Waals surface area contributed by atoms with E-state index in [-0.39, 0.29) is 11.1 Å². The molecule has 0 fully saturated rings. The van der Waals surface area contributed by atoms with Crippen molar-refractivity contribution in [3.05, 3.63) is 59.2 Å². The Bertz CT molecular complexity index is 1140. The number of benzene rings is 2. The number of hydrogen-bond donors (Lipinski definition) is 1. The minimum Gasteiger partial charge on any atom is -0.496 e. The maximum absolute atomic E-state index is 12.8. The molecule has 0 saturated heterocycles. The van der Waals surface area contributed by atoms with Crippen molar-refractivity contribution in [3.63, 3.8) is 0 Å². The maximum atomic E-state index is 12.8. The second-order valence-corrected chi connectivity index (χ2v) is 8.24. The van der Waals surface area contributed by atoms with Crippen molar-refractivity contribution in [3.8, 4) is 17.6 Å². The fourth-order valence-electron chi connectivity index (χ4n) is 3.82. The van der Waals surface area contributed by atoms with Crippen LogP contribution in [0, 0.1) is 11.3 Å². The van der Waals surface area contributed by atoms with Crippen LogP contribution in [0.2, 0.25) is 0 Å². The third-order valence-electron chi connectivity index (χ3n) is 5.64. The first kappa shape index (κ1) is 23.0. The number of nitrogens with zero attached hydrogens (tertiary/aromatic N) is 2. The lowest BCUT2D eigenvalue weighted by Gasteiger charge is -2.41. The molecule has 32 heavy (non-hydrogen) atoms. The zero-order chi connectivity index (χ0) is 23.5. The first-order chi connectivity index (χ1) is 15.2. The average Bonchev–Trinajstić information content (AvgIpc) is 2.75. The lowest BCUT2D eigenvalue weighted by molar-refractivity contribution is -0.112. The molecule has 0 aromatic heterocycles. The summed E-state index contributed by atoms with van der Waals surface area (Å²) in [7, 11) is 3.63. The van der Waals surface area contributed by atoms with E-state index in [0.717, 1.165) is 16.8 Å². The van der Waals surface area contributed by atoms with E-state index in [0.29, 0.717) is 29.4 Å². The monoisotopic (exact) mass is 431 g/mol. The first-order valence-electron chi connectivity index (χ1n) is 10.5. The summed E-state index contributed by atoms with van der Waals surface area (Å²) in [6, 6.07) is 13.0. The van der Waals surface area contributed by atoms with Crippen molar-refractivity contribution in [1.29, 1.82) is 5.26 Å². The number of nitrogens with one attached hydrogen (secondary N) is 1. The normalized spacial score (nSPS) is 14.7. The topological polar surface area (TPSA) is 74.6 Å². The summed E-state index contributed by atoms with van der Waals surface area (Å²) in [6.45, 7) is 8.79. The second kappa shape index (κ2) is 9.19. The highest BCUT2D eigenvalue weighted by molar-refractivity contribution is 6.10. The number of ether oxygens (including phenoxy) is 2. The van der Waals surface area contributed by atoms with Gasteiger partial charge in [-0.15, -0.1) is 0 Å². The molecule has 6 nitrogen and oxygen atoms in total. The third-order valence-corrected chi connectivity index (χ3v) is 5.64. The van der Waals surface area contributed by atoms with Gasteiger partial charge in [-0.2, -0.15) is 5.26 Å².